The predicted molar refractivity (Wildman–Crippen MR) is 99.1 cm³/mol. The van der Waals surface area contributed by atoms with E-state index >= 15 is 0 Å². The Morgan fingerprint density at radius 1 is 1.19 bits per heavy atom. The topological polar surface area (TPSA) is 92.0 Å². The van der Waals surface area contributed by atoms with Gasteiger partial charge >= 0.3 is 0 Å². The van der Waals surface area contributed by atoms with Gasteiger partial charge in [0.05, 0.1) is 6.10 Å². The quantitative estimate of drug-likeness (QED) is 0.839. The van der Waals surface area contributed by atoms with Crippen LogP contribution in [0.2, 0.25) is 0 Å². The van der Waals surface area contributed by atoms with E-state index in [0.29, 0.717) is 6.54 Å². The third-order valence-corrected chi connectivity index (χ3v) is 5.65. The zero-order chi connectivity index (χ0) is 17.9. The van der Waals surface area contributed by atoms with Gasteiger partial charge in [0.1, 0.15) is 30.1 Å². The lowest BCUT2D eigenvalue weighted by molar-refractivity contribution is 0.137. The Hall–Kier alpha value is -2.22. The van der Waals surface area contributed by atoms with Gasteiger partial charge in [-0.3, -0.25) is 0 Å². The molecule has 0 spiro atoms. The number of nitrogens with zero attached hydrogens (tertiary/aromatic N) is 6. The van der Waals surface area contributed by atoms with E-state index in [2.05, 4.69) is 30.4 Å². The first-order chi connectivity index (χ1) is 12.7. The fourth-order valence-electron chi connectivity index (χ4n) is 4.17. The SMILES string of the molecule is Cn1cnnc1[C@H]1C[C@H](CNc2cc(N3CCCCC3)ncn2)[C@H](O)C1. The number of piperidine rings is 1. The summed E-state index contributed by atoms with van der Waals surface area (Å²) in [6.45, 7) is 2.83. The highest BCUT2D eigenvalue weighted by atomic mass is 16.3. The van der Waals surface area contributed by atoms with Crippen LogP contribution in [0.1, 0.15) is 43.8 Å². The summed E-state index contributed by atoms with van der Waals surface area (Å²) in [5, 5.41) is 22.0. The van der Waals surface area contributed by atoms with Gasteiger partial charge in [-0.1, -0.05) is 0 Å². The third kappa shape index (κ3) is 3.65. The molecule has 2 N–H and O–H groups in total. The molecule has 0 amide bonds. The molecular weight excluding hydrogens is 330 g/mol. The van der Waals surface area contributed by atoms with E-state index in [9.17, 15) is 5.11 Å². The van der Waals surface area contributed by atoms with E-state index in [1.165, 1.54) is 19.3 Å². The lowest BCUT2D eigenvalue weighted by atomic mass is 10.0. The first-order valence-corrected chi connectivity index (χ1v) is 9.53. The second kappa shape index (κ2) is 7.57. The summed E-state index contributed by atoms with van der Waals surface area (Å²) in [4.78, 5) is 11.1. The van der Waals surface area contributed by atoms with Gasteiger partial charge in [-0.25, -0.2) is 9.97 Å². The van der Waals surface area contributed by atoms with Crippen molar-refractivity contribution in [3.8, 4) is 0 Å². The lowest BCUT2D eigenvalue weighted by Gasteiger charge is -2.27. The van der Waals surface area contributed by atoms with Crippen LogP contribution in [0.15, 0.2) is 18.7 Å². The van der Waals surface area contributed by atoms with Crippen molar-refractivity contribution < 1.29 is 5.11 Å². The predicted octanol–water partition coefficient (Wildman–Crippen LogP) is 1.56. The van der Waals surface area contributed by atoms with Crippen LogP contribution in [0.3, 0.4) is 0 Å². The standard InChI is InChI=1S/C18H27N7O/c1-24-12-22-23-18(24)13-7-14(15(26)8-13)10-19-16-9-17(21-11-20-16)25-5-3-2-4-6-25/h9,11-15,26H,2-8,10H2,1H3,(H,19,20,21)/t13-,14+,15+/m0/s1. The maximum Gasteiger partial charge on any atom is 0.135 e. The van der Waals surface area contributed by atoms with Gasteiger partial charge < -0.3 is 19.9 Å². The highest BCUT2D eigenvalue weighted by Gasteiger charge is 2.35. The molecule has 8 nitrogen and oxygen atoms in total. The van der Waals surface area contributed by atoms with E-state index in [1.807, 2.05) is 17.7 Å². The molecule has 0 aromatic carbocycles. The van der Waals surface area contributed by atoms with E-state index in [1.54, 1.807) is 12.7 Å². The number of hydrogen-bond acceptors (Lipinski definition) is 7. The maximum atomic E-state index is 10.4. The van der Waals surface area contributed by atoms with E-state index in [0.717, 1.165) is 43.4 Å². The molecule has 8 heteroatoms. The van der Waals surface area contributed by atoms with Crippen LogP contribution in [0, 0.1) is 5.92 Å². The van der Waals surface area contributed by atoms with Crippen molar-refractivity contribution in [1.82, 2.24) is 24.7 Å². The zero-order valence-corrected chi connectivity index (χ0v) is 15.3. The fourth-order valence-corrected chi connectivity index (χ4v) is 4.17. The number of aromatic nitrogens is 5. The molecule has 3 atom stereocenters. The highest BCUT2D eigenvalue weighted by Crippen LogP contribution is 2.37. The molecule has 0 radical (unpaired) electrons. The second-order valence-corrected chi connectivity index (χ2v) is 7.49. The number of aliphatic hydroxyl groups is 1. The average Bonchev–Trinajstić information content (AvgIpc) is 3.26. The molecule has 0 unspecified atom stereocenters. The summed E-state index contributed by atoms with van der Waals surface area (Å²) in [5.41, 5.74) is 0. The van der Waals surface area contributed by atoms with Crippen LogP contribution in [0.25, 0.3) is 0 Å². The minimum atomic E-state index is -0.326. The largest absolute Gasteiger partial charge is 0.393 e. The average molecular weight is 357 g/mol. The minimum Gasteiger partial charge on any atom is -0.393 e. The highest BCUT2D eigenvalue weighted by molar-refractivity contribution is 5.48. The molecule has 2 aromatic rings. The Kier molecular flexibility index (Phi) is 5.01. The molecule has 4 rings (SSSR count). The number of rotatable bonds is 5. The Balaban J connectivity index is 1.36. The molecule has 1 aliphatic heterocycles. The molecular formula is C18H27N7O. The van der Waals surface area contributed by atoms with Gasteiger partial charge in [0.2, 0.25) is 0 Å². The molecule has 2 fully saturated rings. The number of hydrogen-bond donors (Lipinski definition) is 2. The van der Waals surface area contributed by atoms with Crippen molar-refractivity contribution in [1.29, 1.82) is 0 Å². The monoisotopic (exact) mass is 357 g/mol. The molecule has 1 saturated heterocycles. The van der Waals surface area contributed by atoms with E-state index in [-0.39, 0.29) is 17.9 Å². The number of anilines is 2. The van der Waals surface area contributed by atoms with Crippen molar-refractivity contribution in [3.05, 3.63) is 24.5 Å². The Morgan fingerprint density at radius 3 is 2.81 bits per heavy atom. The normalized spacial score (nSPS) is 26.2. The van der Waals surface area contributed by atoms with E-state index < -0.39 is 0 Å². The van der Waals surface area contributed by atoms with Gasteiger partial charge in [-0.05, 0) is 32.1 Å². The van der Waals surface area contributed by atoms with Crippen molar-refractivity contribution >= 4 is 11.6 Å². The van der Waals surface area contributed by atoms with Gasteiger partial charge in [-0.2, -0.15) is 0 Å². The van der Waals surface area contributed by atoms with Crippen molar-refractivity contribution in [2.24, 2.45) is 13.0 Å². The molecule has 2 aliphatic rings. The second-order valence-electron chi connectivity index (χ2n) is 7.49. The molecule has 26 heavy (non-hydrogen) atoms. The summed E-state index contributed by atoms with van der Waals surface area (Å²) in [6, 6.07) is 2.02. The summed E-state index contributed by atoms with van der Waals surface area (Å²) >= 11 is 0. The lowest BCUT2D eigenvalue weighted by Crippen LogP contribution is -2.30. The summed E-state index contributed by atoms with van der Waals surface area (Å²) in [6.07, 6.45) is 8.42. The van der Waals surface area contributed by atoms with Crippen molar-refractivity contribution in [3.63, 3.8) is 0 Å². The Labute approximate surface area is 153 Å². The van der Waals surface area contributed by atoms with Crippen LogP contribution < -0.4 is 10.2 Å². The summed E-state index contributed by atoms with van der Waals surface area (Å²) in [7, 11) is 1.95. The molecule has 1 aliphatic carbocycles. The molecule has 1 saturated carbocycles. The summed E-state index contributed by atoms with van der Waals surface area (Å²) in [5.74, 6) is 3.23. The van der Waals surface area contributed by atoms with Crippen LogP contribution >= 0.6 is 0 Å². The first kappa shape index (κ1) is 17.2. The number of aliphatic hydroxyl groups excluding tert-OH is 1. The summed E-state index contributed by atoms with van der Waals surface area (Å²) < 4.78 is 1.95. The van der Waals surface area contributed by atoms with Gasteiger partial charge in [0, 0.05) is 44.6 Å². The number of aryl methyl sites for hydroxylation is 1. The molecule has 140 valence electrons. The van der Waals surface area contributed by atoms with Gasteiger partial charge in [0.25, 0.3) is 0 Å². The Bertz CT molecular complexity index is 728. The van der Waals surface area contributed by atoms with Crippen LogP contribution in [-0.2, 0) is 7.05 Å². The van der Waals surface area contributed by atoms with E-state index in [4.69, 9.17) is 0 Å². The number of nitrogens with one attached hydrogen (secondary N) is 1. The minimum absolute atomic E-state index is 0.185. The smallest absolute Gasteiger partial charge is 0.135 e. The van der Waals surface area contributed by atoms with Crippen LogP contribution in [0.5, 0.6) is 0 Å². The molecule has 2 aromatic heterocycles. The zero-order valence-electron chi connectivity index (χ0n) is 15.3. The fraction of sp³-hybridized carbons (Fsp3) is 0.667. The van der Waals surface area contributed by atoms with Crippen molar-refractivity contribution in [2.45, 2.75) is 44.1 Å². The van der Waals surface area contributed by atoms with Gasteiger partial charge in [-0.15, -0.1) is 10.2 Å². The van der Waals surface area contributed by atoms with Crippen LogP contribution in [0.4, 0.5) is 11.6 Å². The molecule has 3 heterocycles. The van der Waals surface area contributed by atoms with Crippen molar-refractivity contribution in [2.75, 3.05) is 29.9 Å². The maximum absolute atomic E-state index is 10.4. The Morgan fingerprint density at radius 2 is 2.04 bits per heavy atom. The van der Waals surface area contributed by atoms with Gasteiger partial charge in [0.15, 0.2) is 0 Å². The van der Waals surface area contributed by atoms with Crippen LogP contribution in [-0.4, -0.2) is 55.6 Å². The first-order valence-electron chi connectivity index (χ1n) is 9.53. The molecule has 0 bridgehead atoms. The third-order valence-electron chi connectivity index (χ3n) is 5.65.